The average Bonchev–Trinajstić information content (AvgIpc) is 2.99. The van der Waals surface area contributed by atoms with Gasteiger partial charge in [-0.3, -0.25) is 4.68 Å². The fourth-order valence-electron chi connectivity index (χ4n) is 3.24. The van der Waals surface area contributed by atoms with Crippen LogP contribution in [0.4, 0.5) is 0 Å². The number of hydrogen-bond donors (Lipinski definition) is 2. The summed E-state index contributed by atoms with van der Waals surface area (Å²) in [5, 5.41) is 22.9. The average molecular weight is 445 g/mol. The standard InChI is InChI=1S/C21H21ClN4O3S/c1-14-21(17-5-6-18(12-23)20(22)11-17)15(2)26(25-14)13-16-3-7-19(8-4-16)30(28,29)24-9-10-27/h3-8,11,24,27H,9-10,13H2,1-2H3. The number of aliphatic hydroxyl groups is 1. The molecule has 0 bridgehead atoms. The highest BCUT2D eigenvalue weighted by Crippen LogP contribution is 2.30. The van der Waals surface area contributed by atoms with Crippen molar-refractivity contribution in [2.75, 3.05) is 13.2 Å². The van der Waals surface area contributed by atoms with Crippen LogP contribution < -0.4 is 4.72 Å². The second-order valence-corrected chi connectivity index (χ2v) is 8.95. The maximum atomic E-state index is 12.1. The fourth-order valence-corrected chi connectivity index (χ4v) is 4.48. The molecule has 0 fully saturated rings. The van der Waals surface area contributed by atoms with Gasteiger partial charge in [0.15, 0.2) is 0 Å². The third-order valence-corrected chi connectivity index (χ3v) is 6.52. The van der Waals surface area contributed by atoms with Gasteiger partial charge in [-0.2, -0.15) is 10.4 Å². The van der Waals surface area contributed by atoms with Crippen molar-refractivity contribution in [3.63, 3.8) is 0 Å². The molecule has 1 aromatic heterocycles. The summed E-state index contributed by atoms with van der Waals surface area (Å²) in [6, 6.07) is 13.9. The van der Waals surface area contributed by atoms with Gasteiger partial charge in [-0.05, 0) is 49.2 Å². The third-order valence-electron chi connectivity index (χ3n) is 4.73. The van der Waals surface area contributed by atoms with Crippen LogP contribution in [0.3, 0.4) is 0 Å². The molecule has 9 heteroatoms. The van der Waals surface area contributed by atoms with Crippen LogP contribution in [-0.2, 0) is 16.6 Å². The van der Waals surface area contributed by atoms with E-state index in [1.54, 1.807) is 24.3 Å². The summed E-state index contributed by atoms with van der Waals surface area (Å²) in [7, 11) is -3.64. The van der Waals surface area contributed by atoms with Crippen molar-refractivity contribution in [3.05, 3.63) is 70.0 Å². The van der Waals surface area contributed by atoms with Crippen molar-refractivity contribution in [2.45, 2.75) is 25.3 Å². The predicted molar refractivity (Wildman–Crippen MR) is 115 cm³/mol. The predicted octanol–water partition coefficient (Wildman–Crippen LogP) is 3.01. The second-order valence-electron chi connectivity index (χ2n) is 6.78. The van der Waals surface area contributed by atoms with Crippen LogP contribution in [0.2, 0.25) is 5.02 Å². The Balaban J connectivity index is 1.86. The minimum Gasteiger partial charge on any atom is -0.395 e. The van der Waals surface area contributed by atoms with Crippen molar-refractivity contribution < 1.29 is 13.5 Å². The zero-order valence-electron chi connectivity index (χ0n) is 16.6. The molecule has 2 aromatic carbocycles. The van der Waals surface area contributed by atoms with Crippen LogP contribution in [0.5, 0.6) is 0 Å². The normalized spacial score (nSPS) is 11.4. The first-order valence-corrected chi connectivity index (χ1v) is 11.1. The van der Waals surface area contributed by atoms with E-state index >= 15 is 0 Å². The van der Waals surface area contributed by atoms with Gasteiger partial charge in [0.2, 0.25) is 10.0 Å². The first kappa shape index (κ1) is 22.0. The lowest BCUT2D eigenvalue weighted by Crippen LogP contribution is -2.26. The zero-order valence-corrected chi connectivity index (χ0v) is 18.1. The lowest BCUT2D eigenvalue weighted by atomic mass is 10.0. The van der Waals surface area contributed by atoms with Gasteiger partial charge in [-0.15, -0.1) is 0 Å². The molecule has 0 aliphatic rings. The van der Waals surface area contributed by atoms with Crippen molar-refractivity contribution in [2.24, 2.45) is 0 Å². The van der Waals surface area contributed by atoms with E-state index in [9.17, 15) is 8.42 Å². The number of nitrogens with zero attached hydrogens (tertiary/aromatic N) is 3. The molecule has 1 heterocycles. The van der Waals surface area contributed by atoms with E-state index in [2.05, 4.69) is 15.9 Å². The Hall–Kier alpha value is -2.70. The highest BCUT2D eigenvalue weighted by atomic mass is 35.5. The minimum atomic E-state index is -3.64. The van der Waals surface area contributed by atoms with Gasteiger partial charge in [-0.25, -0.2) is 13.1 Å². The highest BCUT2D eigenvalue weighted by molar-refractivity contribution is 7.89. The molecule has 0 radical (unpaired) electrons. The van der Waals surface area contributed by atoms with E-state index in [1.807, 2.05) is 24.6 Å². The largest absolute Gasteiger partial charge is 0.395 e. The van der Waals surface area contributed by atoms with Crippen molar-refractivity contribution in [1.82, 2.24) is 14.5 Å². The van der Waals surface area contributed by atoms with Gasteiger partial charge in [0, 0.05) is 17.8 Å². The molecule has 0 aliphatic carbocycles. The topological polar surface area (TPSA) is 108 Å². The summed E-state index contributed by atoms with van der Waals surface area (Å²) in [6.45, 7) is 4.05. The number of aryl methyl sites for hydroxylation is 1. The Morgan fingerprint density at radius 1 is 1.20 bits per heavy atom. The maximum Gasteiger partial charge on any atom is 0.240 e. The van der Waals surface area contributed by atoms with Gasteiger partial charge in [0.25, 0.3) is 0 Å². The van der Waals surface area contributed by atoms with Gasteiger partial charge >= 0.3 is 0 Å². The lowest BCUT2D eigenvalue weighted by molar-refractivity contribution is 0.301. The Morgan fingerprint density at radius 2 is 1.90 bits per heavy atom. The van der Waals surface area contributed by atoms with E-state index in [4.69, 9.17) is 22.0 Å². The van der Waals surface area contributed by atoms with Crippen LogP contribution in [0.25, 0.3) is 11.1 Å². The molecule has 0 spiro atoms. The Labute approximate surface area is 180 Å². The van der Waals surface area contributed by atoms with Crippen molar-refractivity contribution in [1.29, 1.82) is 5.26 Å². The van der Waals surface area contributed by atoms with Gasteiger partial charge in [0.05, 0.1) is 34.3 Å². The summed E-state index contributed by atoms with van der Waals surface area (Å²) in [5.74, 6) is 0. The number of nitriles is 1. The molecule has 0 atom stereocenters. The first-order chi connectivity index (χ1) is 14.3. The van der Waals surface area contributed by atoms with E-state index in [0.717, 1.165) is 28.1 Å². The molecule has 3 rings (SSSR count). The number of hydrogen-bond acceptors (Lipinski definition) is 5. The Bertz CT molecular complexity index is 1210. The van der Waals surface area contributed by atoms with Crippen molar-refractivity contribution in [3.8, 4) is 17.2 Å². The molecule has 0 amide bonds. The van der Waals surface area contributed by atoms with Gasteiger partial charge < -0.3 is 5.11 Å². The van der Waals surface area contributed by atoms with E-state index in [-0.39, 0.29) is 18.0 Å². The van der Waals surface area contributed by atoms with E-state index < -0.39 is 10.0 Å². The number of nitrogens with one attached hydrogen (secondary N) is 1. The third kappa shape index (κ3) is 4.55. The molecular formula is C21H21ClN4O3S. The molecule has 7 nitrogen and oxygen atoms in total. The smallest absolute Gasteiger partial charge is 0.240 e. The molecule has 30 heavy (non-hydrogen) atoms. The molecule has 156 valence electrons. The Kier molecular flexibility index (Phi) is 6.58. The van der Waals surface area contributed by atoms with E-state index in [0.29, 0.717) is 17.1 Å². The van der Waals surface area contributed by atoms with Gasteiger partial charge in [-0.1, -0.05) is 29.8 Å². The summed E-state index contributed by atoms with van der Waals surface area (Å²) in [4.78, 5) is 0.140. The molecule has 0 unspecified atom stereocenters. The molecule has 0 saturated heterocycles. The molecule has 0 saturated carbocycles. The Morgan fingerprint density at radius 3 is 2.50 bits per heavy atom. The number of rotatable bonds is 7. The zero-order chi connectivity index (χ0) is 21.9. The number of benzene rings is 2. The van der Waals surface area contributed by atoms with E-state index in [1.165, 1.54) is 12.1 Å². The first-order valence-electron chi connectivity index (χ1n) is 9.20. The summed E-state index contributed by atoms with van der Waals surface area (Å²) < 4.78 is 28.4. The van der Waals surface area contributed by atoms with Crippen LogP contribution >= 0.6 is 11.6 Å². The monoisotopic (exact) mass is 444 g/mol. The molecule has 0 aliphatic heterocycles. The number of halogens is 1. The second kappa shape index (κ2) is 8.98. The molecule has 3 aromatic rings. The highest BCUT2D eigenvalue weighted by Gasteiger charge is 2.16. The van der Waals surface area contributed by atoms with Crippen molar-refractivity contribution >= 4 is 21.6 Å². The lowest BCUT2D eigenvalue weighted by Gasteiger charge is -2.09. The minimum absolute atomic E-state index is 0.0298. The fraction of sp³-hybridized carbons (Fsp3) is 0.238. The van der Waals surface area contributed by atoms with Crippen LogP contribution in [0.15, 0.2) is 47.4 Å². The maximum absolute atomic E-state index is 12.1. The quantitative estimate of drug-likeness (QED) is 0.582. The molecular weight excluding hydrogens is 424 g/mol. The number of aliphatic hydroxyl groups excluding tert-OH is 1. The summed E-state index contributed by atoms with van der Waals surface area (Å²) in [5.41, 5.74) is 4.93. The summed E-state index contributed by atoms with van der Waals surface area (Å²) >= 11 is 6.19. The van der Waals surface area contributed by atoms with Crippen LogP contribution in [0.1, 0.15) is 22.5 Å². The number of sulfonamides is 1. The summed E-state index contributed by atoms with van der Waals surface area (Å²) in [6.07, 6.45) is 0. The van der Waals surface area contributed by atoms with Gasteiger partial charge in [0.1, 0.15) is 6.07 Å². The SMILES string of the molecule is Cc1nn(Cc2ccc(S(=O)(=O)NCCO)cc2)c(C)c1-c1ccc(C#N)c(Cl)c1. The van der Waals surface area contributed by atoms with Crippen LogP contribution in [-0.4, -0.2) is 36.5 Å². The van der Waals surface area contributed by atoms with Crippen LogP contribution in [0, 0.1) is 25.2 Å². The molecule has 2 N–H and O–H groups in total. The number of aromatic nitrogens is 2.